The summed E-state index contributed by atoms with van der Waals surface area (Å²) in [6.45, 7) is 69.1. The number of aliphatic hydroxyl groups excluding tert-OH is 2. The van der Waals surface area contributed by atoms with Crippen molar-refractivity contribution in [3.8, 4) is 6.07 Å². The van der Waals surface area contributed by atoms with E-state index in [1.54, 1.807) is 0 Å². The van der Waals surface area contributed by atoms with Crippen LogP contribution in [-0.4, -0.2) is 177 Å². The van der Waals surface area contributed by atoms with Crippen molar-refractivity contribution in [2.75, 3.05) is 65.6 Å². The van der Waals surface area contributed by atoms with Gasteiger partial charge in [-0.2, -0.15) is 5.26 Å². The fourth-order valence-electron chi connectivity index (χ4n) is 23.8. The Bertz CT molecular complexity index is 3360. The van der Waals surface area contributed by atoms with Gasteiger partial charge in [-0.1, -0.05) is 209 Å². The topological polar surface area (TPSA) is 338 Å². The number of nitrogens with one attached hydrogen (secondary N) is 4. The number of nitriles is 1. The summed E-state index contributed by atoms with van der Waals surface area (Å²) in [5.41, 5.74) is 14.6. The van der Waals surface area contributed by atoms with Crippen molar-refractivity contribution < 1.29 is 53.6 Å². The molecule has 0 aromatic rings. The number of cyclic esters (lactones) is 2. The highest BCUT2D eigenvalue weighted by atomic mass is 31.0. The molecule has 11 N–H and O–H groups in total. The lowest BCUT2D eigenvalue weighted by molar-refractivity contribution is -0.157. The number of hydrogen-bond donors (Lipinski definition) is 9. The normalized spacial score (nSPS) is 41.9. The third kappa shape index (κ3) is 19.6. The van der Waals surface area contributed by atoms with Crippen LogP contribution in [0.2, 0.25) is 0 Å². The predicted octanol–water partition coefficient (Wildman–Crippen LogP) is 11.1. The van der Waals surface area contributed by atoms with E-state index in [9.17, 15) is 33.6 Å². The summed E-state index contributed by atoms with van der Waals surface area (Å²) in [6, 6.07) is 5.29. The highest BCUT2D eigenvalue weighted by molar-refractivity contribution is 7.14. The van der Waals surface area contributed by atoms with E-state index < -0.39 is 11.9 Å². The summed E-state index contributed by atoms with van der Waals surface area (Å²) in [7, 11) is 16.0. The number of nitrogens with zero attached hydrogens (tertiary/aromatic N) is 5. The standard InChI is InChI=1S/C9H17N2P.C8H13N2P.C8H13NO2.2C8H16NP.C8H15N.C8H12O3.C7H16NOP.C7H14NOP.C7H15NO.C7H8O3/c1-5(10)8-7-6(4-11(8)12)9(7,2)3;1-8(2)5-4-10(11)6(3-9)7(5)8;1-4(10)5-6(7(9)11)8(5,2)3;2*1-5-7-6(4-9(5)10)8(7,2)3;1-5-7-6(4-9-5)8(7,2)3;1-4(9)5-6(7(10)11)8(5,2)3;2*1-7(2)5(3-8-10)6(7)4-9;1-7(2)5(3-8)6(7)4-9;1-7(2)3-4(7)6(9)10-5(3)8/h6-8,10H,4,12H2,1-3H3;5-7H,4,11H2,1-2H3;5-6H,1-3H3,(H2,9,11);2*5-7H,4,10H2,1-3H3;5-7,9H,4H2,1-3H3;5-6H,1-3H3,(H,10,11);5-6,8-9H,3-4,10H2,1-2H3;4-6,8H,3,10H2,1-2H3;5-6,9H,3-4,8H2,1-2H3;3-4H,1-2H3/t6?,7-,8+;5?,6-,7+;5-,6?;3*5-,6?,7-;5-,6?;3*5?,6-;3-,4+/m0111111111./s1. The number of carboxylic acids is 1. The van der Waals surface area contributed by atoms with Gasteiger partial charge in [-0.3, -0.25) is 47.4 Å². The first-order valence-electron chi connectivity index (χ1n) is 41.8. The fourth-order valence-corrected chi connectivity index (χ4v) is 26.3. The Morgan fingerprint density at radius 2 is 0.903 bits per heavy atom. The number of primary amides is 1. The second-order valence-electron chi connectivity index (χ2n) is 43.5. The molecule has 6 aliphatic heterocycles. The second kappa shape index (κ2) is 35.0. The Labute approximate surface area is 695 Å². The number of carbonyl (C=O) groups is 7. The Balaban J connectivity index is 0.000000172. The molecular formula is C85H155N11O11P6. The zero-order valence-corrected chi connectivity index (χ0v) is 81.1. The van der Waals surface area contributed by atoms with E-state index in [-0.39, 0.29) is 92.6 Å². The maximum absolute atomic E-state index is 10.9. The SMILES string of the molecule is CC(=N)[C@@H]1[C@@H]2C(CN1P)C2(C)C.CC(=O)[C@@H]1C(C(=O)O)C1(C)C.CC(=O)[C@@H]1C(C(N)=O)C1(C)C.CC1(C)C(CN)[C@H]1CO.CC1(C)C(CNP)[C@H]1C=O.CC1(C)C(CNP)[C@H]1CO.CC1(C)C2CN(P)[C@H](C#N)[C@H]21.CC1(C)[C@@H]2C(=O)OC(=O)[C@@H]21.C[C@@H]1[C@@H]2C(CN1P)C2(C)C.C[C@@H]1[C@@H]2C(CN1P)C2(C)C.C[C@H]1NCC2[C@@H]1C2(C)C. The summed E-state index contributed by atoms with van der Waals surface area (Å²) >= 11 is 0. The number of aldehydes is 1. The van der Waals surface area contributed by atoms with Gasteiger partial charge in [0.1, 0.15) is 23.9 Å². The van der Waals surface area contributed by atoms with Crippen LogP contribution in [0.5, 0.6) is 0 Å². The zero-order chi connectivity index (χ0) is 86.8. The molecule has 11 saturated carbocycles. The number of carbonyl (C=O) groups excluding carboxylic acids is 6. The molecule has 6 saturated heterocycles. The summed E-state index contributed by atoms with van der Waals surface area (Å²) < 4.78 is 13.5. The van der Waals surface area contributed by atoms with Crippen LogP contribution in [0.25, 0.3) is 0 Å². The molecular weight excluding hydrogens is 1540 g/mol. The molecule has 22 nitrogen and oxygen atoms in total. The number of rotatable bonds is 13. The molecule has 0 aromatic carbocycles. The van der Waals surface area contributed by atoms with Crippen LogP contribution in [0.3, 0.4) is 0 Å². The third-order valence-corrected chi connectivity index (χ3v) is 36.3. The monoisotopic (exact) mass is 1690 g/mol. The number of piperidine rings is 5. The smallest absolute Gasteiger partial charge is 0.318 e. The van der Waals surface area contributed by atoms with Crippen LogP contribution in [0, 0.1) is 206 Å². The largest absolute Gasteiger partial charge is 0.481 e. The number of hydrogen-bond acceptors (Lipinski definition) is 20. The van der Waals surface area contributed by atoms with Crippen LogP contribution in [0.1, 0.15) is 194 Å². The number of ether oxygens (including phenoxy) is 1. The van der Waals surface area contributed by atoms with Gasteiger partial charge in [0.2, 0.25) is 5.91 Å². The van der Waals surface area contributed by atoms with Crippen LogP contribution >= 0.6 is 56.3 Å². The van der Waals surface area contributed by atoms with Crippen molar-refractivity contribution in [1.29, 1.82) is 10.7 Å². The molecule has 6 heterocycles. The van der Waals surface area contributed by atoms with Gasteiger partial charge in [0.05, 0.1) is 35.8 Å². The molecule has 11 aliphatic carbocycles. The Kier molecular flexibility index (Phi) is 30.5. The van der Waals surface area contributed by atoms with Gasteiger partial charge in [0, 0.05) is 94.1 Å². The van der Waals surface area contributed by atoms with Crippen LogP contribution in [0.4, 0.5) is 0 Å². The molecule has 33 atom stereocenters. The van der Waals surface area contributed by atoms with E-state index in [1.807, 2.05) is 48.5 Å². The number of Topliss-reactive ketones (excluding diaryl/α,β-unsaturated/α-hetero) is 2. The minimum absolute atomic E-state index is 0.0117. The number of ketones is 2. The molecule has 16 unspecified atom stereocenters. The van der Waals surface area contributed by atoms with Crippen molar-refractivity contribution in [2.24, 2.45) is 201 Å². The van der Waals surface area contributed by atoms with Gasteiger partial charge in [-0.15, -0.1) is 0 Å². The first kappa shape index (κ1) is 98.5. The lowest BCUT2D eigenvalue weighted by Gasteiger charge is -2.25. The molecule has 28 heteroatoms. The molecule has 17 fully saturated rings. The zero-order valence-electron chi connectivity index (χ0n) is 74.2. The molecule has 646 valence electrons. The molecule has 0 bridgehead atoms. The Morgan fingerprint density at radius 1 is 0.531 bits per heavy atom. The van der Waals surface area contributed by atoms with E-state index in [2.05, 4.69) is 233 Å². The van der Waals surface area contributed by atoms with Crippen LogP contribution in [-0.2, 0) is 38.3 Å². The number of carboxylic acid groups (broad SMARTS) is 1. The molecule has 0 aromatic heterocycles. The molecule has 1 amide bonds. The minimum Gasteiger partial charge on any atom is -0.481 e. The highest BCUT2D eigenvalue weighted by Gasteiger charge is 2.73. The molecule has 17 aliphatic rings. The van der Waals surface area contributed by atoms with Gasteiger partial charge >= 0.3 is 17.9 Å². The van der Waals surface area contributed by atoms with Gasteiger partial charge in [0.15, 0.2) is 0 Å². The number of amides is 1. The Morgan fingerprint density at radius 3 is 1.12 bits per heavy atom. The molecule has 17 rings (SSSR count). The number of fused-ring (bicyclic) bond motifs is 6. The summed E-state index contributed by atoms with van der Waals surface area (Å²) in [5, 5.41) is 52.4. The average molecular weight is 1690 g/mol. The van der Waals surface area contributed by atoms with Crippen molar-refractivity contribution in [3.63, 3.8) is 0 Å². The van der Waals surface area contributed by atoms with Gasteiger partial charge in [-0.05, 0) is 203 Å². The molecule has 113 heavy (non-hydrogen) atoms. The summed E-state index contributed by atoms with van der Waals surface area (Å²) in [4.78, 5) is 75.1. The van der Waals surface area contributed by atoms with Gasteiger partial charge in [0.25, 0.3) is 0 Å². The van der Waals surface area contributed by atoms with E-state index >= 15 is 0 Å². The van der Waals surface area contributed by atoms with E-state index in [4.69, 9.17) is 37.5 Å². The predicted molar refractivity (Wildman–Crippen MR) is 471 cm³/mol. The molecule has 0 radical (unpaired) electrons. The van der Waals surface area contributed by atoms with Crippen LogP contribution in [0.15, 0.2) is 0 Å². The number of esters is 2. The van der Waals surface area contributed by atoms with E-state index in [1.165, 1.54) is 33.5 Å². The minimum atomic E-state index is -0.852. The first-order chi connectivity index (χ1) is 51.5. The number of nitrogens with two attached hydrogens (primary N) is 2. The first-order valence-corrected chi connectivity index (χ1v) is 45.0. The van der Waals surface area contributed by atoms with Gasteiger partial charge in [-0.25, -0.2) is 0 Å². The fraction of sp³-hybridized carbons (Fsp3) is 0.894. The Hall–Kier alpha value is -1.57. The third-order valence-electron chi connectivity index (χ3n) is 33.4. The lowest BCUT2D eigenvalue weighted by Crippen LogP contribution is -2.33. The summed E-state index contributed by atoms with van der Waals surface area (Å²) in [6.07, 6.45) is 1.08. The highest BCUT2D eigenvalue weighted by Crippen LogP contribution is 2.70. The van der Waals surface area contributed by atoms with E-state index in [0.29, 0.717) is 92.7 Å². The van der Waals surface area contributed by atoms with E-state index in [0.717, 1.165) is 116 Å². The van der Waals surface area contributed by atoms with Gasteiger partial charge < -0.3 is 57.2 Å². The second-order valence-corrected chi connectivity index (χ2v) is 47.0. The molecule has 0 spiro atoms. The maximum Gasteiger partial charge on any atom is 0.318 e. The van der Waals surface area contributed by atoms with Crippen molar-refractivity contribution in [2.45, 2.75) is 224 Å². The summed E-state index contributed by atoms with van der Waals surface area (Å²) in [5.74, 6) is 8.71. The van der Waals surface area contributed by atoms with Crippen molar-refractivity contribution in [1.82, 2.24) is 34.2 Å². The van der Waals surface area contributed by atoms with Crippen molar-refractivity contribution >= 4 is 104 Å². The maximum atomic E-state index is 10.9. The number of aliphatic carboxylic acids is 1. The van der Waals surface area contributed by atoms with Crippen molar-refractivity contribution in [3.05, 3.63) is 0 Å². The average Bonchev–Trinajstić information content (AvgIpc) is 1.49. The quantitative estimate of drug-likeness (QED) is 0.0272. The van der Waals surface area contributed by atoms with Crippen LogP contribution < -0.4 is 27.0 Å². The number of aliphatic hydroxyl groups is 2. The lowest BCUT2D eigenvalue weighted by atomic mass is 10.00.